The van der Waals surface area contributed by atoms with Crippen molar-refractivity contribution in [2.45, 2.75) is 60.7 Å². The fourth-order valence-corrected chi connectivity index (χ4v) is 5.36. The zero-order valence-corrected chi connectivity index (χ0v) is 22.4. The number of phenolic OH excluding ortho intramolecular Hbond substituents is 4. The van der Waals surface area contributed by atoms with Crippen molar-refractivity contribution >= 4 is 11.0 Å². The van der Waals surface area contributed by atoms with Crippen LogP contribution >= 0.6 is 0 Å². The lowest BCUT2D eigenvalue weighted by Gasteiger charge is -2.54. The van der Waals surface area contributed by atoms with Gasteiger partial charge in [-0.2, -0.15) is 0 Å². The van der Waals surface area contributed by atoms with Gasteiger partial charge in [0.25, 0.3) is 0 Å². The first-order valence-electron chi connectivity index (χ1n) is 13.1. The highest BCUT2D eigenvalue weighted by Gasteiger charge is 2.65. The summed E-state index contributed by atoms with van der Waals surface area (Å²) in [6.07, 6.45) is -18.6. The number of aliphatic hydroxyl groups is 8. The van der Waals surface area contributed by atoms with Gasteiger partial charge in [-0.05, 0) is 18.2 Å². The molecule has 0 spiro atoms. The van der Waals surface area contributed by atoms with Gasteiger partial charge in [0.15, 0.2) is 22.9 Å². The second kappa shape index (κ2) is 11.6. The van der Waals surface area contributed by atoms with E-state index in [0.717, 1.165) is 30.3 Å². The van der Waals surface area contributed by atoms with Crippen LogP contribution in [0.25, 0.3) is 22.3 Å². The average Bonchev–Trinajstić information content (AvgIpc) is 2.98. The Morgan fingerprint density at radius 2 is 1.43 bits per heavy atom. The number of rotatable bonds is 6. The van der Waals surface area contributed by atoms with Crippen LogP contribution in [0.4, 0.5) is 0 Å². The van der Waals surface area contributed by atoms with Crippen molar-refractivity contribution in [3.05, 3.63) is 40.6 Å². The number of aliphatic hydroxyl groups excluding tert-OH is 7. The van der Waals surface area contributed by atoms with Crippen molar-refractivity contribution in [2.75, 3.05) is 13.2 Å². The molecule has 12 N–H and O–H groups in total. The third-order valence-electron chi connectivity index (χ3n) is 7.76. The van der Waals surface area contributed by atoms with E-state index in [9.17, 15) is 66.1 Å². The van der Waals surface area contributed by atoms with Crippen LogP contribution in [0, 0.1) is 0 Å². The minimum atomic E-state index is -3.15. The highest BCUT2D eigenvalue weighted by molar-refractivity contribution is 5.88. The minimum Gasteiger partial charge on any atom is -0.508 e. The van der Waals surface area contributed by atoms with Crippen LogP contribution in [0.2, 0.25) is 0 Å². The largest absolute Gasteiger partial charge is 0.508 e. The zero-order chi connectivity index (χ0) is 32.2. The van der Waals surface area contributed by atoms with Crippen molar-refractivity contribution in [2.24, 2.45) is 0 Å². The first-order chi connectivity index (χ1) is 20.7. The first-order valence-corrected chi connectivity index (χ1v) is 13.1. The number of aromatic hydroxyl groups is 4. The van der Waals surface area contributed by atoms with Gasteiger partial charge in [-0.1, -0.05) is 0 Å². The summed E-state index contributed by atoms with van der Waals surface area (Å²) in [5, 5.41) is 124. The summed E-state index contributed by atoms with van der Waals surface area (Å²) in [5.74, 6) is -3.98. The molecule has 1 aromatic heterocycles. The van der Waals surface area contributed by atoms with E-state index in [1.165, 1.54) is 0 Å². The molecule has 3 heterocycles. The van der Waals surface area contributed by atoms with E-state index in [4.69, 9.17) is 18.6 Å². The SMILES string of the molecule is O=c1c(O[C@@H]2O[C@H](CO)[C@H](O)[C@H](O)[C@]2(O)[C@@H]2O[C@H](CO)[C@@H](O)[C@H](O)[C@H]2O)c(-c2ccc(O)c(O)c2)oc2cc(O)cc(O)c12. The maximum atomic E-state index is 13.8. The molecule has 2 aliphatic rings. The van der Waals surface area contributed by atoms with E-state index in [1.54, 1.807) is 0 Å². The smallest absolute Gasteiger partial charge is 0.239 e. The van der Waals surface area contributed by atoms with E-state index in [2.05, 4.69) is 0 Å². The monoisotopic (exact) mass is 626 g/mol. The molecule has 17 nitrogen and oxygen atoms in total. The molecule has 44 heavy (non-hydrogen) atoms. The molecule has 0 aliphatic carbocycles. The van der Waals surface area contributed by atoms with E-state index >= 15 is 0 Å². The molecule has 5 rings (SSSR count). The highest BCUT2D eigenvalue weighted by Crippen LogP contribution is 2.43. The number of benzene rings is 2. The van der Waals surface area contributed by atoms with E-state index in [1.807, 2.05) is 0 Å². The number of hydrogen-bond acceptors (Lipinski definition) is 17. The maximum absolute atomic E-state index is 13.8. The van der Waals surface area contributed by atoms with Gasteiger partial charge in [0.2, 0.25) is 17.5 Å². The zero-order valence-electron chi connectivity index (χ0n) is 22.4. The van der Waals surface area contributed by atoms with E-state index < -0.39 is 119 Å². The van der Waals surface area contributed by atoms with Gasteiger partial charge in [-0.15, -0.1) is 0 Å². The van der Waals surface area contributed by atoms with Crippen molar-refractivity contribution in [3.63, 3.8) is 0 Å². The molecule has 2 fully saturated rings. The van der Waals surface area contributed by atoms with E-state index in [0.29, 0.717) is 0 Å². The van der Waals surface area contributed by atoms with Gasteiger partial charge < -0.3 is 79.9 Å². The predicted molar refractivity (Wildman–Crippen MR) is 142 cm³/mol. The number of ether oxygens (including phenoxy) is 3. The van der Waals surface area contributed by atoms with Crippen molar-refractivity contribution < 1.29 is 79.9 Å². The van der Waals surface area contributed by atoms with E-state index in [-0.39, 0.29) is 11.1 Å². The van der Waals surface area contributed by atoms with Crippen LogP contribution in [0.3, 0.4) is 0 Å². The molecule has 10 atom stereocenters. The van der Waals surface area contributed by atoms with Gasteiger partial charge >= 0.3 is 0 Å². The van der Waals surface area contributed by atoms with Gasteiger partial charge in [-0.25, -0.2) is 0 Å². The molecule has 0 amide bonds. The van der Waals surface area contributed by atoms with Gasteiger partial charge in [0.05, 0.1) is 13.2 Å². The molecule has 0 saturated carbocycles. The molecule has 3 aromatic rings. The molecule has 2 aliphatic heterocycles. The van der Waals surface area contributed by atoms with Gasteiger partial charge in [0, 0.05) is 17.7 Å². The van der Waals surface area contributed by atoms with Crippen LogP contribution < -0.4 is 10.2 Å². The van der Waals surface area contributed by atoms with Crippen molar-refractivity contribution in [1.29, 1.82) is 0 Å². The Kier molecular flexibility index (Phi) is 8.37. The molecule has 0 bridgehead atoms. The summed E-state index contributed by atoms with van der Waals surface area (Å²) in [4.78, 5) is 13.8. The maximum Gasteiger partial charge on any atom is 0.239 e. The second-order valence-corrected chi connectivity index (χ2v) is 10.5. The number of fused-ring (bicyclic) bond motifs is 1. The third kappa shape index (κ3) is 4.98. The van der Waals surface area contributed by atoms with Crippen LogP contribution in [0.1, 0.15) is 0 Å². The van der Waals surface area contributed by atoms with Crippen LogP contribution in [-0.4, -0.2) is 135 Å². The summed E-state index contributed by atoms with van der Waals surface area (Å²) in [5.41, 5.74) is -4.86. The number of phenols is 4. The fraction of sp³-hybridized carbons (Fsp3) is 0.444. The molecule has 2 saturated heterocycles. The molecule has 17 heteroatoms. The standard InChI is InChI=1S/C27H30O17/c28-6-14-17(34)20(37)21(38)25(42-14)27(40)24(39)18(35)15(7-29)43-26(27)44-23-19(36)16-12(33)4-9(30)5-13(16)41-22(23)8-1-2-10(31)11(32)3-8/h1-5,14-15,17-18,20-21,24-26,28-35,37-40H,6-7H2/t14-,15-,17-,18+,20+,21-,24+,25-,26+,27+/m1/s1. The minimum absolute atomic E-state index is 0.149. The Labute approximate surface area is 245 Å². The Morgan fingerprint density at radius 1 is 0.773 bits per heavy atom. The lowest BCUT2D eigenvalue weighted by Crippen LogP contribution is -2.77. The normalized spacial score (nSPS) is 34.2. The first kappa shape index (κ1) is 31.7. The Bertz CT molecular complexity index is 1590. The summed E-state index contributed by atoms with van der Waals surface area (Å²) in [7, 11) is 0. The Balaban J connectivity index is 1.72. The molecule has 240 valence electrons. The molecular weight excluding hydrogens is 596 g/mol. The topological polar surface area (TPSA) is 301 Å². The highest BCUT2D eigenvalue weighted by atomic mass is 16.7. The lowest BCUT2D eigenvalue weighted by atomic mass is 9.76. The van der Waals surface area contributed by atoms with Gasteiger partial charge in [0.1, 0.15) is 71.3 Å². The third-order valence-corrected chi connectivity index (χ3v) is 7.76. The predicted octanol–water partition coefficient (Wildman–Crippen LogP) is -3.33. The van der Waals surface area contributed by atoms with Crippen LogP contribution in [-0.2, 0) is 9.47 Å². The Hall–Kier alpha value is -3.75. The lowest BCUT2D eigenvalue weighted by molar-refractivity contribution is -0.372. The summed E-state index contributed by atoms with van der Waals surface area (Å²) < 4.78 is 22.4. The van der Waals surface area contributed by atoms with Crippen LogP contribution in [0.15, 0.2) is 39.5 Å². The van der Waals surface area contributed by atoms with Gasteiger partial charge in [-0.3, -0.25) is 4.79 Å². The molecule has 0 radical (unpaired) electrons. The summed E-state index contributed by atoms with van der Waals surface area (Å²) in [6, 6.07) is 4.89. The average molecular weight is 627 g/mol. The Morgan fingerprint density at radius 3 is 2.07 bits per heavy atom. The second-order valence-electron chi connectivity index (χ2n) is 10.5. The van der Waals surface area contributed by atoms with Crippen molar-refractivity contribution in [1.82, 2.24) is 0 Å². The van der Waals surface area contributed by atoms with Crippen LogP contribution in [0.5, 0.6) is 28.7 Å². The number of hydrogen-bond donors (Lipinski definition) is 12. The summed E-state index contributed by atoms with van der Waals surface area (Å²) in [6.45, 7) is -1.93. The van der Waals surface area contributed by atoms with Crippen molar-refractivity contribution in [3.8, 4) is 40.1 Å². The summed E-state index contributed by atoms with van der Waals surface area (Å²) >= 11 is 0. The fourth-order valence-electron chi connectivity index (χ4n) is 5.36. The molecule has 0 unspecified atom stereocenters. The molecule has 2 aromatic carbocycles. The molecular formula is C27H30O17. The quantitative estimate of drug-likeness (QED) is 0.119.